The molecular weight excluding hydrogens is 631 g/mol. The molecular formula is C50H37NO. The van der Waals surface area contributed by atoms with Crippen LogP contribution in [0.1, 0.15) is 35.1 Å². The fraction of sp³-hybridized carbons (Fsp3) is 0.100. The first-order chi connectivity index (χ1) is 25.8. The first kappa shape index (κ1) is 30.6. The van der Waals surface area contributed by atoms with Crippen molar-refractivity contribution in [3.63, 3.8) is 0 Å². The lowest BCUT2D eigenvalue weighted by Gasteiger charge is -2.23. The van der Waals surface area contributed by atoms with E-state index in [2.05, 4.69) is 176 Å². The summed E-state index contributed by atoms with van der Waals surface area (Å²) in [6, 6.07) is 48.5. The number of furan rings is 1. The van der Waals surface area contributed by atoms with Crippen LogP contribution < -0.4 is 0 Å². The van der Waals surface area contributed by atoms with Crippen molar-refractivity contribution in [3.8, 4) is 33.4 Å². The molecule has 0 saturated heterocycles. The van der Waals surface area contributed by atoms with Gasteiger partial charge in [0.1, 0.15) is 11.2 Å². The molecule has 0 fully saturated rings. The van der Waals surface area contributed by atoms with E-state index in [0.717, 1.165) is 58.0 Å². The lowest BCUT2D eigenvalue weighted by atomic mass is 9.88. The molecule has 7 aromatic rings. The van der Waals surface area contributed by atoms with Gasteiger partial charge in [0.2, 0.25) is 0 Å². The Morgan fingerprint density at radius 3 is 2.12 bits per heavy atom. The average Bonchev–Trinajstić information content (AvgIpc) is 3.50. The van der Waals surface area contributed by atoms with Crippen LogP contribution in [0.3, 0.4) is 0 Å². The smallest absolute Gasteiger partial charge is 0.136 e. The molecule has 2 nitrogen and oxygen atoms in total. The Hall–Kier alpha value is -6.25. The summed E-state index contributed by atoms with van der Waals surface area (Å²) in [4.78, 5) is 5.58. The summed E-state index contributed by atoms with van der Waals surface area (Å²) in [6.07, 6.45) is 18.6. The highest BCUT2D eigenvalue weighted by atomic mass is 16.3. The fourth-order valence-corrected chi connectivity index (χ4v) is 8.39. The predicted molar refractivity (Wildman–Crippen MR) is 218 cm³/mol. The Bertz CT molecular complexity index is 2660. The van der Waals surface area contributed by atoms with Gasteiger partial charge in [0.15, 0.2) is 0 Å². The first-order valence-electron chi connectivity index (χ1n) is 18.4. The number of aliphatic imine (C=N–C) groups is 1. The molecule has 3 aliphatic rings. The van der Waals surface area contributed by atoms with Gasteiger partial charge in [0, 0.05) is 22.3 Å². The number of allylic oxidation sites excluding steroid dienone is 6. The molecule has 52 heavy (non-hydrogen) atoms. The van der Waals surface area contributed by atoms with Crippen LogP contribution in [0.4, 0.5) is 0 Å². The molecule has 2 atom stereocenters. The van der Waals surface area contributed by atoms with E-state index < -0.39 is 0 Å². The van der Waals surface area contributed by atoms with Crippen LogP contribution in [0.5, 0.6) is 0 Å². The van der Waals surface area contributed by atoms with Gasteiger partial charge in [-0.15, -0.1) is 0 Å². The van der Waals surface area contributed by atoms with Gasteiger partial charge in [0.25, 0.3) is 0 Å². The SMILES string of the molecule is C1=CCC(C2C/C=C/C(c3ccccc3)=C\C(c3cccc4oc5ccc(-c6ccc7c(c6)-c6ccccc6Cc6ccccc6-7)cc5c34)=N2)C=C1. The van der Waals surface area contributed by atoms with Crippen molar-refractivity contribution in [1.82, 2.24) is 0 Å². The van der Waals surface area contributed by atoms with Crippen LogP contribution in [0.15, 0.2) is 185 Å². The minimum atomic E-state index is 0.137. The van der Waals surface area contributed by atoms with E-state index in [-0.39, 0.29) is 6.04 Å². The third-order valence-corrected chi connectivity index (χ3v) is 11.0. The van der Waals surface area contributed by atoms with E-state index in [1.807, 2.05) is 0 Å². The van der Waals surface area contributed by atoms with Gasteiger partial charge >= 0.3 is 0 Å². The zero-order chi connectivity index (χ0) is 34.4. The topological polar surface area (TPSA) is 25.5 Å². The van der Waals surface area contributed by atoms with Gasteiger partial charge in [-0.3, -0.25) is 4.99 Å². The maximum absolute atomic E-state index is 6.57. The lowest BCUT2D eigenvalue weighted by molar-refractivity contribution is 0.509. The Labute approximate surface area is 304 Å². The second kappa shape index (κ2) is 12.8. The summed E-state index contributed by atoms with van der Waals surface area (Å²) in [7, 11) is 0. The molecule has 6 aromatic carbocycles. The maximum Gasteiger partial charge on any atom is 0.136 e. The second-order valence-corrected chi connectivity index (χ2v) is 14.1. The predicted octanol–water partition coefficient (Wildman–Crippen LogP) is 12.8. The molecule has 1 aliphatic heterocycles. The summed E-state index contributed by atoms with van der Waals surface area (Å²) in [5.74, 6) is 0.355. The highest BCUT2D eigenvalue weighted by Crippen LogP contribution is 2.43. The standard InChI is InChI=1S/C50H37NO/c1-3-13-33(14-4-1)35-19-11-23-46(34-15-5-2-6-16-34)51-47(32-35)43-22-12-24-49-50(43)45-31-37(26-28-48(45)52-49)36-25-27-42-40-20-9-7-17-38(40)29-39-18-8-10-21-41(39)44(42)30-36/h1-15,17-22,24-28,30-32,34,46H,16,23,29H2/b19-11+,35-32+,51-47?. The van der Waals surface area contributed by atoms with Crippen LogP contribution in [-0.4, -0.2) is 11.8 Å². The van der Waals surface area contributed by atoms with Gasteiger partial charge in [0.05, 0.1) is 11.8 Å². The average molecular weight is 668 g/mol. The Balaban J connectivity index is 1.14. The minimum Gasteiger partial charge on any atom is -0.456 e. The first-order valence-corrected chi connectivity index (χ1v) is 18.4. The van der Waals surface area contributed by atoms with Gasteiger partial charge < -0.3 is 4.42 Å². The molecule has 0 bridgehead atoms. The normalized spacial score (nSPS) is 19.4. The van der Waals surface area contributed by atoms with Crippen molar-refractivity contribution in [1.29, 1.82) is 0 Å². The van der Waals surface area contributed by atoms with E-state index in [0.29, 0.717) is 5.92 Å². The summed E-state index contributed by atoms with van der Waals surface area (Å²) in [6.45, 7) is 0. The maximum atomic E-state index is 6.57. The third-order valence-electron chi connectivity index (χ3n) is 11.0. The number of benzene rings is 6. The molecule has 0 spiro atoms. The molecule has 0 saturated carbocycles. The molecule has 2 unspecified atom stereocenters. The quantitative estimate of drug-likeness (QED) is 0.183. The van der Waals surface area contributed by atoms with Gasteiger partial charge in [-0.1, -0.05) is 146 Å². The molecule has 0 amide bonds. The Morgan fingerprint density at radius 2 is 1.29 bits per heavy atom. The molecule has 2 heterocycles. The zero-order valence-corrected chi connectivity index (χ0v) is 28.9. The van der Waals surface area contributed by atoms with Crippen LogP contribution >= 0.6 is 0 Å². The summed E-state index contributed by atoms with van der Waals surface area (Å²) in [5.41, 5.74) is 16.5. The van der Waals surface area contributed by atoms with Crippen molar-refractivity contribution >= 4 is 33.2 Å². The van der Waals surface area contributed by atoms with E-state index in [1.165, 1.54) is 50.1 Å². The van der Waals surface area contributed by atoms with Crippen LogP contribution in [0, 0.1) is 5.92 Å². The van der Waals surface area contributed by atoms with Crippen molar-refractivity contribution in [2.24, 2.45) is 10.9 Å². The largest absolute Gasteiger partial charge is 0.456 e. The zero-order valence-electron chi connectivity index (χ0n) is 28.9. The Morgan fingerprint density at radius 1 is 0.538 bits per heavy atom. The van der Waals surface area contributed by atoms with Crippen molar-refractivity contribution in [2.75, 3.05) is 0 Å². The van der Waals surface area contributed by atoms with E-state index >= 15 is 0 Å². The van der Waals surface area contributed by atoms with E-state index in [1.54, 1.807) is 0 Å². The summed E-state index contributed by atoms with van der Waals surface area (Å²) < 4.78 is 6.57. The van der Waals surface area contributed by atoms with Crippen molar-refractivity contribution in [2.45, 2.75) is 25.3 Å². The van der Waals surface area contributed by atoms with Gasteiger partial charge in [-0.2, -0.15) is 0 Å². The Kier molecular flexibility index (Phi) is 7.53. The molecule has 1 aromatic heterocycles. The van der Waals surface area contributed by atoms with E-state index in [9.17, 15) is 0 Å². The molecule has 10 rings (SSSR count). The second-order valence-electron chi connectivity index (χ2n) is 14.1. The number of rotatable bonds is 4. The number of hydrogen-bond acceptors (Lipinski definition) is 2. The molecule has 0 radical (unpaired) electrons. The molecule has 248 valence electrons. The number of fused-ring (bicyclic) bond motifs is 8. The fourth-order valence-electron chi connectivity index (χ4n) is 8.39. The van der Waals surface area contributed by atoms with Gasteiger partial charge in [-0.25, -0.2) is 0 Å². The molecule has 2 heteroatoms. The van der Waals surface area contributed by atoms with Crippen LogP contribution in [-0.2, 0) is 6.42 Å². The minimum absolute atomic E-state index is 0.137. The highest BCUT2D eigenvalue weighted by Gasteiger charge is 2.23. The third kappa shape index (κ3) is 5.39. The number of nitrogens with zero attached hydrogens (tertiary/aromatic N) is 1. The van der Waals surface area contributed by atoms with Crippen LogP contribution in [0.2, 0.25) is 0 Å². The number of hydrogen-bond donors (Lipinski definition) is 0. The summed E-state index contributed by atoms with van der Waals surface area (Å²) >= 11 is 0. The van der Waals surface area contributed by atoms with E-state index in [4.69, 9.17) is 9.41 Å². The lowest BCUT2D eigenvalue weighted by Crippen LogP contribution is -2.20. The highest BCUT2D eigenvalue weighted by molar-refractivity contribution is 6.24. The van der Waals surface area contributed by atoms with Crippen molar-refractivity contribution < 1.29 is 4.42 Å². The van der Waals surface area contributed by atoms with Crippen LogP contribution in [0.25, 0.3) is 60.9 Å². The monoisotopic (exact) mass is 667 g/mol. The summed E-state index contributed by atoms with van der Waals surface area (Å²) in [5, 5.41) is 2.22. The van der Waals surface area contributed by atoms with Gasteiger partial charge in [-0.05, 0) is 105 Å². The molecule has 2 aliphatic carbocycles. The molecule has 0 N–H and O–H groups in total. The van der Waals surface area contributed by atoms with Crippen molar-refractivity contribution in [3.05, 3.63) is 198 Å².